The molecule has 0 aliphatic heterocycles. The number of pyridine rings is 1. The van der Waals surface area contributed by atoms with Gasteiger partial charge in [-0.15, -0.1) is 0 Å². The van der Waals surface area contributed by atoms with Crippen LogP contribution < -0.4 is 10.9 Å². The molecule has 0 spiro atoms. The number of amides is 1. The summed E-state index contributed by atoms with van der Waals surface area (Å²) in [5, 5.41) is 2.42. The number of aromatic nitrogens is 1. The Balaban J connectivity index is 3.07. The first-order chi connectivity index (χ1) is 7.71. The molecule has 0 radical (unpaired) electrons. The first-order valence-electron chi connectivity index (χ1n) is 4.83. The number of nitrogens with one attached hydrogen (secondary N) is 2. The van der Waals surface area contributed by atoms with Crippen molar-refractivity contribution in [2.75, 3.05) is 0 Å². The van der Waals surface area contributed by atoms with Crippen molar-refractivity contribution in [1.82, 2.24) is 10.3 Å². The number of alkyl halides is 3. The number of carbonyl (C=O) groups excluding carboxylic acids is 1. The van der Waals surface area contributed by atoms with Gasteiger partial charge in [0.2, 0.25) is 0 Å². The van der Waals surface area contributed by atoms with Crippen LogP contribution in [0, 0.1) is 0 Å². The van der Waals surface area contributed by atoms with Gasteiger partial charge in [-0.1, -0.05) is 0 Å². The largest absolute Gasteiger partial charge is 0.431 e. The van der Waals surface area contributed by atoms with Crippen LogP contribution in [0.15, 0.2) is 16.9 Å². The maximum absolute atomic E-state index is 12.2. The van der Waals surface area contributed by atoms with E-state index in [0.29, 0.717) is 6.07 Å². The van der Waals surface area contributed by atoms with Gasteiger partial charge in [-0.2, -0.15) is 13.2 Å². The third kappa shape index (κ3) is 3.33. The number of hydrogen-bond donors (Lipinski definition) is 2. The highest BCUT2D eigenvalue weighted by molar-refractivity contribution is 5.93. The van der Waals surface area contributed by atoms with Gasteiger partial charge in [0.1, 0.15) is 11.3 Å². The topological polar surface area (TPSA) is 62.0 Å². The van der Waals surface area contributed by atoms with Crippen LogP contribution in [0.1, 0.15) is 29.9 Å². The number of rotatable bonds is 2. The lowest BCUT2D eigenvalue weighted by Crippen LogP contribution is -2.34. The summed E-state index contributed by atoms with van der Waals surface area (Å²) >= 11 is 0. The summed E-state index contributed by atoms with van der Waals surface area (Å²) in [6.07, 6.45) is -4.63. The van der Waals surface area contributed by atoms with Crippen molar-refractivity contribution in [1.29, 1.82) is 0 Å². The van der Waals surface area contributed by atoms with E-state index in [9.17, 15) is 22.8 Å². The summed E-state index contributed by atoms with van der Waals surface area (Å²) in [5.74, 6) is -0.699. The lowest BCUT2D eigenvalue weighted by Gasteiger charge is -2.09. The molecule has 0 bridgehead atoms. The van der Waals surface area contributed by atoms with E-state index >= 15 is 0 Å². The maximum Gasteiger partial charge on any atom is 0.431 e. The molecule has 0 atom stereocenters. The molecule has 0 aliphatic carbocycles. The van der Waals surface area contributed by atoms with Crippen LogP contribution in [0.25, 0.3) is 0 Å². The Kier molecular flexibility index (Phi) is 3.59. The van der Waals surface area contributed by atoms with Crippen LogP contribution in [0.5, 0.6) is 0 Å². The molecule has 1 aromatic rings. The van der Waals surface area contributed by atoms with Crippen molar-refractivity contribution >= 4 is 5.91 Å². The van der Waals surface area contributed by atoms with Crippen LogP contribution in [-0.2, 0) is 6.18 Å². The van der Waals surface area contributed by atoms with Crippen LogP contribution in [0.2, 0.25) is 0 Å². The minimum atomic E-state index is -4.63. The first kappa shape index (κ1) is 13.3. The van der Waals surface area contributed by atoms with Crippen LogP contribution >= 0.6 is 0 Å². The molecule has 1 amide bonds. The zero-order valence-corrected chi connectivity index (χ0v) is 9.18. The molecule has 1 heterocycles. The van der Waals surface area contributed by atoms with E-state index in [4.69, 9.17) is 0 Å². The van der Waals surface area contributed by atoms with Crippen molar-refractivity contribution in [3.63, 3.8) is 0 Å². The molecule has 17 heavy (non-hydrogen) atoms. The Morgan fingerprint density at radius 1 is 1.35 bits per heavy atom. The predicted molar refractivity (Wildman–Crippen MR) is 54.7 cm³/mol. The molecule has 0 saturated heterocycles. The lowest BCUT2D eigenvalue weighted by atomic mass is 10.2. The van der Waals surface area contributed by atoms with E-state index in [1.165, 1.54) is 0 Å². The summed E-state index contributed by atoms with van der Waals surface area (Å²) in [4.78, 5) is 24.3. The van der Waals surface area contributed by atoms with Gasteiger partial charge in [-0.3, -0.25) is 9.59 Å². The van der Waals surface area contributed by atoms with Gasteiger partial charge >= 0.3 is 6.18 Å². The normalized spacial score (nSPS) is 11.6. The average Bonchev–Trinajstić information content (AvgIpc) is 2.14. The number of halogens is 3. The van der Waals surface area contributed by atoms with Gasteiger partial charge in [-0.05, 0) is 26.0 Å². The van der Waals surface area contributed by atoms with Gasteiger partial charge in [0.05, 0.1) is 0 Å². The van der Waals surface area contributed by atoms with E-state index in [0.717, 1.165) is 6.07 Å². The van der Waals surface area contributed by atoms with Crippen molar-refractivity contribution in [2.24, 2.45) is 0 Å². The molecule has 0 saturated carbocycles. The smallest absolute Gasteiger partial charge is 0.350 e. The number of carbonyl (C=O) groups is 1. The number of hydrogen-bond acceptors (Lipinski definition) is 2. The van der Waals surface area contributed by atoms with Gasteiger partial charge in [-0.25, -0.2) is 0 Å². The zero-order chi connectivity index (χ0) is 13.2. The molecule has 94 valence electrons. The van der Waals surface area contributed by atoms with E-state index in [1.807, 2.05) is 0 Å². The number of H-pyrrole nitrogens is 1. The highest BCUT2D eigenvalue weighted by atomic mass is 19.4. The Morgan fingerprint density at radius 3 is 2.35 bits per heavy atom. The molecular weight excluding hydrogens is 237 g/mol. The molecule has 1 aromatic heterocycles. The fraction of sp³-hybridized carbons (Fsp3) is 0.400. The Labute approximate surface area is 94.8 Å². The van der Waals surface area contributed by atoms with Crippen LogP contribution in [0.4, 0.5) is 13.2 Å². The number of aromatic amines is 1. The van der Waals surface area contributed by atoms with E-state index in [1.54, 1.807) is 18.8 Å². The Morgan fingerprint density at radius 2 is 1.94 bits per heavy atom. The summed E-state index contributed by atoms with van der Waals surface area (Å²) in [6, 6.07) is 1.32. The molecular formula is C10H11F3N2O2. The summed E-state index contributed by atoms with van der Waals surface area (Å²) in [6.45, 7) is 3.35. The second-order valence-corrected chi connectivity index (χ2v) is 3.74. The zero-order valence-electron chi connectivity index (χ0n) is 9.18. The van der Waals surface area contributed by atoms with Gasteiger partial charge in [0.25, 0.3) is 11.5 Å². The van der Waals surface area contributed by atoms with Crippen molar-refractivity contribution in [3.05, 3.63) is 33.7 Å². The van der Waals surface area contributed by atoms with Crippen molar-refractivity contribution < 1.29 is 18.0 Å². The Bertz CT molecular complexity index is 477. The monoisotopic (exact) mass is 248 g/mol. The minimum Gasteiger partial charge on any atom is -0.350 e. The fourth-order valence-corrected chi connectivity index (χ4v) is 1.16. The maximum atomic E-state index is 12.2. The average molecular weight is 248 g/mol. The second kappa shape index (κ2) is 4.60. The molecule has 0 aliphatic rings. The van der Waals surface area contributed by atoms with Gasteiger partial charge < -0.3 is 10.3 Å². The fourth-order valence-electron chi connectivity index (χ4n) is 1.16. The van der Waals surface area contributed by atoms with Crippen LogP contribution in [0.3, 0.4) is 0 Å². The quantitative estimate of drug-likeness (QED) is 0.833. The third-order valence-corrected chi connectivity index (χ3v) is 1.88. The Hall–Kier alpha value is -1.79. The summed E-state index contributed by atoms with van der Waals surface area (Å²) in [7, 11) is 0. The van der Waals surface area contributed by atoms with E-state index < -0.39 is 23.3 Å². The van der Waals surface area contributed by atoms with Gasteiger partial charge in [0, 0.05) is 6.04 Å². The molecule has 0 unspecified atom stereocenters. The lowest BCUT2D eigenvalue weighted by molar-refractivity contribution is -0.141. The predicted octanol–water partition coefficient (Wildman–Crippen LogP) is 1.53. The molecule has 1 rings (SSSR count). The highest BCUT2D eigenvalue weighted by Crippen LogP contribution is 2.26. The van der Waals surface area contributed by atoms with Crippen molar-refractivity contribution in [3.8, 4) is 0 Å². The third-order valence-electron chi connectivity index (χ3n) is 1.88. The van der Waals surface area contributed by atoms with Crippen molar-refractivity contribution in [2.45, 2.75) is 26.1 Å². The molecule has 7 heteroatoms. The SMILES string of the molecule is CC(C)NC(=O)c1ccc(C(F)(F)F)[nH]c1=O. The molecule has 0 aromatic carbocycles. The summed E-state index contributed by atoms with van der Waals surface area (Å²) in [5.41, 5.74) is -2.58. The minimum absolute atomic E-state index is 0.204. The summed E-state index contributed by atoms with van der Waals surface area (Å²) < 4.78 is 36.7. The van der Waals surface area contributed by atoms with Gasteiger partial charge in [0.15, 0.2) is 0 Å². The van der Waals surface area contributed by atoms with Crippen LogP contribution in [-0.4, -0.2) is 16.9 Å². The van der Waals surface area contributed by atoms with E-state index in [-0.39, 0.29) is 11.6 Å². The first-order valence-corrected chi connectivity index (χ1v) is 4.83. The second-order valence-electron chi connectivity index (χ2n) is 3.74. The molecule has 4 nitrogen and oxygen atoms in total. The molecule has 2 N–H and O–H groups in total. The molecule has 0 fully saturated rings. The van der Waals surface area contributed by atoms with E-state index in [2.05, 4.69) is 5.32 Å². The standard InChI is InChI=1S/C10H11F3N2O2/c1-5(2)14-8(16)6-3-4-7(10(11,12)13)15-9(6)17/h3-5H,1-2H3,(H,14,16)(H,15,17). The highest BCUT2D eigenvalue weighted by Gasteiger charge is 2.32.